The van der Waals surface area contributed by atoms with Crippen molar-refractivity contribution >= 4 is 16.1 Å². The molecule has 0 radical (unpaired) electrons. The van der Waals surface area contributed by atoms with Crippen LogP contribution in [0.15, 0.2) is 30.3 Å². The minimum Gasteiger partial charge on any atom is -0.333 e. The molecule has 0 aromatic heterocycles. The molecule has 1 aromatic rings. The summed E-state index contributed by atoms with van der Waals surface area (Å²) in [5.41, 5.74) is 0.875. The summed E-state index contributed by atoms with van der Waals surface area (Å²) < 4.78 is 27.4. The van der Waals surface area contributed by atoms with Gasteiger partial charge in [-0.1, -0.05) is 49.6 Å². The third-order valence-corrected chi connectivity index (χ3v) is 7.03. The molecule has 1 heterocycles. The highest BCUT2D eigenvalue weighted by molar-refractivity contribution is 7.87. The van der Waals surface area contributed by atoms with E-state index in [4.69, 9.17) is 0 Å². The number of carbonyl (C=O) groups excluding carboxylic acids is 1. The predicted molar refractivity (Wildman–Crippen MR) is 97.0 cm³/mol. The topological polar surface area (TPSA) is 69.7 Å². The lowest BCUT2D eigenvalue weighted by molar-refractivity contribution is -0.178. The maximum atomic E-state index is 13.0. The Balaban J connectivity index is 1.75. The second kappa shape index (κ2) is 7.05. The molecule has 138 valence electrons. The van der Waals surface area contributed by atoms with E-state index in [-0.39, 0.29) is 23.9 Å². The van der Waals surface area contributed by atoms with Crippen LogP contribution in [0.1, 0.15) is 43.7 Å². The fraction of sp³-hybridized carbons (Fsp3) is 0.611. The molecule has 0 bridgehead atoms. The number of carbonyl (C=O) groups is 1. The van der Waals surface area contributed by atoms with E-state index in [1.165, 1.54) is 20.5 Å². The van der Waals surface area contributed by atoms with Crippen molar-refractivity contribution in [3.8, 4) is 0 Å². The zero-order chi connectivity index (χ0) is 18.1. The van der Waals surface area contributed by atoms with E-state index in [1.54, 1.807) is 0 Å². The molecule has 1 saturated heterocycles. The molecule has 1 unspecified atom stereocenters. The smallest absolute Gasteiger partial charge is 0.278 e. The fourth-order valence-corrected chi connectivity index (χ4v) is 4.82. The van der Waals surface area contributed by atoms with E-state index < -0.39 is 10.2 Å². The summed E-state index contributed by atoms with van der Waals surface area (Å²) >= 11 is 0. The Bertz CT molecular complexity index is 712. The Morgan fingerprint density at radius 1 is 1.16 bits per heavy atom. The van der Waals surface area contributed by atoms with Crippen molar-refractivity contribution in [1.29, 1.82) is 0 Å². The first-order valence-corrected chi connectivity index (χ1v) is 10.4. The lowest BCUT2D eigenvalue weighted by Gasteiger charge is -2.58. The molecule has 2 aliphatic rings. The molecule has 3 rings (SSSR count). The predicted octanol–water partition coefficient (Wildman–Crippen LogP) is 1.92. The van der Waals surface area contributed by atoms with Crippen LogP contribution in [0.25, 0.3) is 0 Å². The lowest BCUT2D eigenvalue weighted by Crippen LogP contribution is -2.65. The molecule has 7 heteroatoms. The van der Waals surface area contributed by atoms with Crippen molar-refractivity contribution in [2.75, 3.05) is 27.2 Å². The van der Waals surface area contributed by atoms with Crippen LogP contribution < -0.4 is 4.72 Å². The largest absolute Gasteiger partial charge is 0.333 e. The summed E-state index contributed by atoms with van der Waals surface area (Å²) in [6.07, 6.45) is 5.25. The van der Waals surface area contributed by atoms with Crippen LogP contribution in [-0.2, 0) is 15.0 Å². The number of likely N-dealkylation sites (tertiary alicyclic amines) is 1. The monoisotopic (exact) mass is 365 g/mol. The van der Waals surface area contributed by atoms with E-state index in [0.29, 0.717) is 6.54 Å². The van der Waals surface area contributed by atoms with Crippen molar-refractivity contribution in [3.63, 3.8) is 0 Å². The van der Waals surface area contributed by atoms with Crippen LogP contribution in [0.4, 0.5) is 0 Å². The van der Waals surface area contributed by atoms with Gasteiger partial charge in [0, 0.05) is 27.2 Å². The number of nitrogens with zero attached hydrogens (tertiary/aromatic N) is 2. The number of rotatable bonds is 6. The molecule has 1 spiro atoms. The molecule has 6 nitrogen and oxygen atoms in total. The maximum Gasteiger partial charge on any atom is 0.278 e. The van der Waals surface area contributed by atoms with E-state index >= 15 is 0 Å². The first kappa shape index (κ1) is 18.4. The Labute approximate surface area is 150 Å². The number of hydrogen-bond donors (Lipinski definition) is 1. The van der Waals surface area contributed by atoms with Gasteiger partial charge in [-0.3, -0.25) is 4.79 Å². The molecular weight excluding hydrogens is 338 g/mol. The fourth-order valence-electron chi connectivity index (χ4n) is 4.21. The lowest BCUT2D eigenvalue weighted by atomic mass is 9.60. The van der Waals surface area contributed by atoms with Crippen molar-refractivity contribution in [1.82, 2.24) is 13.9 Å². The quantitative estimate of drug-likeness (QED) is 0.783. The first-order valence-electron chi connectivity index (χ1n) is 8.92. The molecular formula is C18H27N3O3S. The summed E-state index contributed by atoms with van der Waals surface area (Å²) in [4.78, 5) is 14.8. The van der Waals surface area contributed by atoms with Gasteiger partial charge in [0.15, 0.2) is 0 Å². The molecule has 25 heavy (non-hydrogen) atoms. The minimum absolute atomic E-state index is 0.0605. The highest BCUT2D eigenvalue weighted by Gasteiger charge is 2.60. The van der Waals surface area contributed by atoms with Crippen molar-refractivity contribution in [2.24, 2.45) is 5.41 Å². The molecule has 1 atom stereocenters. The zero-order valence-electron chi connectivity index (χ0n) is 14.9. The van der Waals surface area contributed by atoms with Gasteiger partial charge in [0.25, 0.3) is 10.2 Å². The molecule has 1 aromatic carbocycles. The molecule has 1 aliphatic heterocycles. The first-order chi connectivity index (χ1) is 11.9. The van der Waals surface area contributed by atoms with E-state index in [1.807, 2.05) is 23.1 Å². The summed E-state index contributed by atoms with van der Waals surface area (Å²) in [6, 6.07) is 10.2. The summed E-state index contributed by atoms with van der Waals surface area (Å²) in [6.45, 7) is 0.624. The average Bonchev–Trinajstić information content (AvgIpc) is 2.62. The van der Waals surface area contributed by atoms with Gasteiger partial charge in [-0.2, -0.15) is 12.7 Å². The third kappa shape index (κ3) is 3.32. The van der Waals surface area contributed by atoms with Crippen LogP contribution in [0.5, 0.6) is 0 Å². The average molecular weight is 365 g/mol. The second-order valence-corrected chi connectivity index (χ2v) is 9.18. The Morgan fingerprint density at radius 3 is 2.40 bits per heavy atom. The van der Waals surface area contributed by atoms with Crippen LogP contribution in [0.2, 0.25) is 0 Å². The van der Waals surface area contributed by atoms with Crippen LogP contribution in [0.3, 0.4) is 0 Å². The Hall–Kier alpha value is -1.44. The number of β-lactam (4-membered cyclic amide) rings is 1. The third-order valence-electron chi connectivity index (χ3n) is 5.50. The summed E-state index contributed by atoms with van der Waals surface area (Å²) in [7, 11) is -0.492. The van der Waals surface area contributed by atoms with Crippen LogP contribution >= 0.6 is 0 Å². The Kier molecular flexibility index (Phi) is 5.18. The van der Waals surface area contributed by atoms with Gasteiger partial charge >= 0.3 is 0 Å². The highest BCUT2D eigenvalue weighted by Crippen LogP contribution is 2.57. The standard InChI is InChI=1S/C18H27N3O3S/c1-20(2)25(23,24)19-13-14-21-16(15-9-5-3-6-10-15)18(17(21)22)11-7-4-8-12-18/h3,5-6,9-10,16,19H,4,7-8,11-14H2,1-2H3. The molecule has 1 amide bonds. The van der Waals surface area contributed by atoms with Gasteiger partial charge in [0.05, 0.1) is 11.5 Å². The van der Waals surface area contributed by atoms with Crippen LogP contribution in [-0.4, -0.2) is 50.7 Å². The molecule has 1 N–H and O–H groups in total. The second-order valence-electron chi connectivity index (χ2n) is 7.21. The van der Waals surface area contributed by atoms with Crippen molar-refractivity contribution < 1.29 is 13.2 Å². The van der Waals surface area contributed by atoms with Crippen molar-refractivity contribution in [3.05, 3.63) is 35.9 Å². The van der Waals surface area contributed by atoms with Gasteiger partial charge in [-0.25, -0.2) is 4.72 Å². The molecule has 1 saturated carbocycles. The number of benzene rings is 1. The van der Waals surface area contributed by atoms with E-state index in [0.717, 1.165) is 35.6 Å². The Morgan fingerprint density at radius 2 is 1.80 bits per heavy atom. The minimum atomic E-state index is -3.47. The SMILES string of the molecule is CN(C)S(=O)(=O)NCCN1C(=O)C2(CCCCC2)C1c1ccccc1. The summed E-state index contributed by atoms with van der Waals surface area (Å²) in [5.74, 6) is 0.185. The van der Waals surface area contributed by atoms with Gasteiger partial charge in [-0.15, -0.1) is 0 Å². The summed E-state index contributed by atoms with van der Waals surface area (Å²) in [5, 5.41) is 0. The normalized spacial score (nSPS) is 23.1. The van der Waals surface area contributed by atoms with Crippen molar-refractivity contribution in [2.45, 2.75) is 38.1 Å². The maximum absolute atomic E-state index is 13.0. The van der Waals surface area contributed by atoms with Gasteiger partial charge < -0.3 is 4.90 Å². The van der Waals surface area contributed by atoms with Gasteiger partial charge in [0.2, 0.25) is 5.91 Å². The van der Waals surface area contributed by atoms with E-state index in [9.17, 15) is 13.2 Å². The van der Waals surface area contributed by atoms with Gasteiger partial charge in [-0.05, 0) is 18.4 Å². The number of nitrogens with one attached hydrogen (secondary N) is 1. The van der Waals surface area contributed by atoms with Gasteiger partial charge in [0.1, 0.15) is 0 Å². The van der Waals surface area contributed by atoms with E-state index in [2.05, 4.69) is 16.9 Å². The number of amides is 1. The zero-order valence-corrected chi connectivity index (χ0v) is 15.8. The molecule has 2 fully saturated rings. The molecule has 1 aliphatic carbocycles. The number of hydrogen-bond acceptors (Lipinski definition) is 3. The highest BCUT2D eigenvalue weighted by atomic mass is 32.2. The van der Waals surface area contributed by atoms with Crippen LogP contribution in [0, 0.1) is 5.41 Å².